The minimum atomic E-state index is 0.922. The fraction of sp³-hybridized carbons (Fsp3) is 0. The smallest absolute Gasteiger partial charge is 0.137 e. The summed E-state index contributed by atoms with van der Waals surface area (Å²) in [4.78, 5) is 4.79. The summed E-state index contributed by atoms with van der Waals surface area (Å²) in [6.45, 7) is 0. The van der Waals surface area contributed by atoms with Crippen molar-refractivity contribution in [1.29, 1.82) is 0 Å². The van der Waals surface area contributed by atoms with Crippen molar-refractivity contribution in [2.75, 3.05) is 0 Å². The third-order valence-corrected chi connectivity index (χ3v) is 7.34. The lowest BCUT2D eigenvalue weighted by molar-refractivity contribution is 1.08. The van der Waals surface area contributed by atoms with E-state index in [0.29, 0.717) is 0 Å². The molecule has 0 unspecified atom stereocenters. The molecule has 0 aliphatic carbocycles. The molecular formula is C33H21N3. The molecule has 0 atom stereocenters. The summed E-state index contributed by atoms with van der Waals surface area (Å²) in [7, 11) is 0. The van der Waals surface area contributed by atoms with Crippen molar-refractivity contribution in [3.63, 3.8) is 0 Å². The molecular weight excluding hydrogens is 438 g/mol. The number of hydrogen-bond acceptors (Lipinski definition) is 1. The summed E-state index contributed by atoms with van der Waals surface area (Å²) in [6.07, 6.45) is 1.87. The van der Waals surface area contributed by atoms with Crippen LogP contribution < -0.4 is 0 Å². The van der Waals surface area contributed by atoms with Crippen molar-refractivity contribution in [1.82, 2.24) is 14.1 Å². The molecule has 3 heteroatoms. The summed E-state index contributed by atoms with van der Waals surface area (Å²) >= 11 is 0. The van der Waals surface area contributed by atoms with E-state index in [9.17, 15) is 0 Å². The number of aromatic nitrogens is 3. The van der Waals surface area contributed by atoms with E-state index in [4.69, 9.17) is 4.98 Å². The Morgan fingerprint density at radius 3 is 2.03 bits per heavy atom. The first-order chi connectivity index (χ1) is 17.9. The second-order valence-electron chi connectivity index (χ2n) is 9.25. The van der Waals surface area contributed by atoms with Crippen molar-refractivity contribution in [3.8, 4) is 11.5 Å². The van der Waals surface area contributed by atoms with Crippen LogP contribution >= 0.6 is 0 Å². The monoisotopic (exact) mass is 459 g/mol. The predicted octanol–water partition coefficient (Wildman–Crippen LogP) is 8.43. The first-order valence-electron chi connectivity index (χ1n) is 12.2. The Hall–Kier alpha value is -4.89. The van der Waals surface area contributed by atoms with Gasteiger partial charge in [-0.1, -0.05) is 84.9 Å². The number of para-hydroxylation sites is 2. The lowest BCUT2D eigenvalue weighted by Gasteiger charge is -2.11. The van der Waals surface area contributed by atoms with E-state index >= 15 is 0 Å². The lowest BCUT2D eigenvalue weighted by atomic mass is 10.0. The van der Waals surface area contributed by atoms with Crippen molar-refractivity contribution in [3.05, 3.63) is 128 Å². The molecule has 0 fully saturated rings. The van der Waals surface area contributed by atoms with Crippen LogP contribution in [0.3, 0.4) is 0 Å². The van der Waals surface area contributed by atoms with E-state index < -0.39 is 0 Å². The summed E-state index contributed by atoms with van der Waals surface area (Å²) in [6, 6.07) is 43.2. The molecule has 3 aromatic heterocycles. The van der Waals surface area contributed by atoms with Gasteiger partial charge in [0.25, 0.3) is 0 Å². The topological polar surface area (TPSA) is 22.8 Å². The minimum Gasteiger partial charge on any atom is -0.307 e. The maximum Gasteiger partial charge on any atom is 0.137 e. The van der Waals surface area contributed by atoms with Crippen LogP contribution in [-0.4, -0.2) is 14.1 Å². The minimum absolute atomic E-state index is 0.922. The fourth-order valence-corrected chi connectivity index (χ4v) is 5.89. The van der Waals surface area contributed by atoms with Crippen molar-refractivity contribution in [2.24, 2.45) is 0 Å². The van der Waals surface area contributed by atoms with Gasteiger partial charge in [-0.2, -0.15) is 0 Å². The van der Waals surface area contributed by atoms with Crippen LogP contribution in [0.4, 0.5) is 0 Å². The van der Waals surface area contributed by atoms with Gasteiger partial charge in [0.15, 0.2) is 0 Å². The molecule has 0 spiro atoms. The molecule has 0 radical (unpaired) electrons. The summed E-state index contributed by atoms with van der Waals surface area (Å²) < 4.78 is 4.76. The van der Waals surface area contributed by atoms with E-state index in [0.717, 1.165) is 17.0 Å². The van der Waals surface area contributed by atoms with Gasteiger partial charge < -0.3 is 4.57 Å². The molecule has 0 saturated carbocycles. The summed E-state index contributed by atoms with van der Waals surface area (Å²) in [5.74, 6) is 0.922. The maximum absolute atomic E-state index is 4.79. The molecule has 0 aliphatic heterocycles. The van der Waals surface area contributed by atoms with Gasteiger partial charge in [0.2, 0.25) is 0 Å². The second-order valence-corrected chi connectivity index (χ2v) is 9.25. The molecule has 5 aromatic carbocycles. The summed E-state index contributed by atoms with van der Waals surface area (Å²) in [5.41, 5.74) is 5.90. The highest BCUT2D eigenvalue weighted by Gasteiger charge is 2.22. The fourth-order valence-electron chi connectivity index (χ4n) is 5.89. The number of fused-ring (bicyclic) bond motifs is 9. The molecule has 0 saturated heterocycles. The van der Waals surface area contributed by atoms with Gasteiger partial charge >= 0.3 is 0 Å². The Labute approximate surface area is 207 Å². The predicted molar refractivity (Wildman–Crippen MR) is 150 cm³/mol. The number of rotatable bonds is 2. The Bertz CT molecular complexity index is 2080. The summed E-state index contributed by atoms with van der Waals surface area (Å²) in [5, 5.41) is 7.52. The molecule has 0 bridgehead atoms. The maximum atomic E-state index is 4.79. The average molecular weight is 460 g/mol. The van der Waals surface area contributed by atoms with Gasteiger partial charge in [-0.05, 0) is 47.2 Å². The van der Waals surface area contributed by atoms with Crippen molar-refractivity contribution < 1.29 is 0 Å². The molecule has 0 N–H and O–H groups in total. The lowest BCUT2D eigenvalue weighted by Crippen LogP contribution is -1.99. The Balaban J connectivity index is 1.71. The first-order valence-corrected chi connectivity index (χ1v) is 12.2. The second kappa shape index (κ2) is 7.30. The van der Waals surface area contributed by atoms with Crippen molar-refractivity contribution >= 4 is 54.4 Å². The van der Waals surface area contributed by atoms with Crippen LogP contribution in [-0.2, 0) is 0 Å². The van der Waals surface area contributed by atoms with Crippen LogP contribution in [0.5, 0.6) is 0 Å². The van der Waals surface area contributed by atoms with Gasteiger partial charge in [-0.15, -0.1) is 0 Å². The van der Waals surface area contributed by atoms with Gasteiger partial charge in [0.1, 0.15) is 5.82 Å². The van der Waals surface area contributed by atoms with Crippen LogP contribution in [0.1, 0.15) is 0 Å². The zero-order valence-electron chi connectivity index (χ0n) is 19.5. The highest BCUT2D eigenvalue weighted by Crippen LogP contribution is 2.43. The van der Waals surface area contributed by atoms with Crippen LogP contribution in [0.2, 0.25) is 0 Å². The van der Waals surface area contributed by atoms with Crippen LogP contribution in [0.15, 0.2) is 128 Å². The van der Waals surface area contributed by atoms with E-state index in [-0.39, 0.29) is 0 Å². The third kappa shape index (κ3) is 2.54. The van der Waals surface area contributed by atoms with Crippen LogP contribution in [0.25, 0.3) is 65.9 Å². The van der Waals surface area contributed by atoms with Gasteiger partial charge in [0, 0.05) is 33.4 Å². The number of hydrogen-bond donors (Lipinski definition) is 0. The zero-order chi connectivity index (χ0) is 23.6. The van der Waals surface area contributed by atoms with E-state index in [1.165, 1.54) is 48.9 Å². The highest BCUT2D eigenvalue weighted by molar-refractivity contribution is 6.28. The molecule has 3 nitrogen and oxygen atoms in total. The van der Waals surface area contributed by atoms with E-state index in [1.807, 2.05) is 12.3 Å². The Morgan fingerprint density at radius 2 is 1.17 bits per heavy atom. The highest BCUT2D eigenvalue weighted by atomic mass is 15.1. The molecule has 0 amide bonds. The Morgan fingerprint density at radius 1 is 0.444 bits per heavy atom. The molecule has 3 heterocycles. The SMILES string of the molecule is c1ccc(-n2c3ccc4ccccc4c3c3ccc4c5ccccc5n(-c5ccccn5)c4c32)cc1. The molecule has 8 rings (SSSR count). The number of benzene rings is 5. The molecule has 8 aromatic rings. The third-order valence-electron chi connectivity index (χ3n) is 7.34. The quantitative estimate of drug-likeness (QED) is 0.254. The largest absolute Gasteiger partial charge is 0.307 e. The number of nitrogens with zero attached hydrogens (tertiary/aromatic N) is 3. The van der Waals surface area contributed by atoms with E-state index in [1.54, 1.807) is 0 Å². The first kappa shape index (κ1) is 19.4. The molecule has 168 valence electrons. The van der Waals surface area contributed by atoms with Crippen molar-refractivity contribution in [2.45, 2.75) is 0 Å². The molecule has 0 aliphatic rings. The average Bonchev–Trinajstić information content (AvgIpc) is 3.47. The Kier molecular flexibility index (Phi) is 3.94. The standard InChI is InChI=1S/C33H21N3/c1-2-11-23(12-3-1)35-29-20-17-22-10-4-5-13-24(22)31(29)27-19-18-26-25-14-6-7-15-28(25)36(32(26)33(27)35)30-16-8-9-21-34-30/h1-21H. The van der Waals surface area contributed by atoms with Gasteiger partial charge in [0.05, 0.1) is 22.1 Å². The molecule has 36 heavy (non-hydrogen) atoms. The van der Waals surface area contributed by atoms with E-state index in [2.05, 4.69) is 124 Å². The van der Waals surface area contributed by atoms with Gasteiger partial charge in [-0.25, -0.2) is 4.98 Å². The normalized spacial score (nSPS) is 11.9. The zero-order valence-corrected chi connectivity index (χ0v) is 19.5. The van der Waals surface area contributed by atoms with Crippen LogP contribution in [0, 0.1) is 0 Å². The van der Waals surface area contributed by atoms with Gasteiger partial charge in [-0.3, -0.25) is 4.57 Å². The number of pyridine rings is 1.